The van der Waals surface area contributed by atoms with E-state index in [2.05, 4.69) is 10.1 Å². The van der Waals surface area contributed by atoms with E-state index in [4.69, 9.17) is 26.6 Å². The lowest BCUT2D eigenvalue weighted by Crippen LogP contribution is -2.32. The summed E-state index contributed by atoms with van der Waals surface area (Å²) in [5.74, 6) is 0.978. The average Bonchev–Trinajstić information content (AvgIpc) is 3.01. The van der Waals surface area contributed by atoms with E-state index in [-0.39, 0.29) is 0 Å². The van der Waals surface area contributed by atoms with Crippen molar-refractivity contribution >= 4 is 17.3 Å². The Kier molecular flexibility index (Phi) is 3.87. The normalized spacial score (nSPS) is 17.8. The molecule has 5 nitrogen and oxygen atoms in total. The quantitative estimate of drug-likeness (QED) is 0.873. The van der Waals surface area contributed by atoms with Crippen molar-refractivity contribution in [1.82, 2.24) is 10.1 Å². The van der Waals surface area contributed by atoms with Gasteiger partial charge in [-0.05, 0) is 25.0 Å². The molecule has 112 valence electrons. The Labute approximate surface area is 128 Å². The number of aromatic nitrogens is 2. The summed E-state index contributed by atoms with van der Waals surface area (Å²) < 4.78 is 11.1. The Morgan fingerprint density at radius 1 is 1.29 bits per heavy atom. The van der Waals surface area contributed by atoms with Gasteiger partial charge in [0.2, 0.25) is 5.82 Å². The number of rotatable bonds is 3. The molecule has 21 heavy (non-hydrogen) atoms. The van der Waals surface area contributed by atoms with Crippen molar-refractivity contribution in [1.29, 1.82) is 0 Å². The van der Waals surface area contributed by atoms with E-state index >= 15 is 0 Å². The van der Waals surface area contributed by atoms with Gasteiger partial charge in [0, 0.05) is 7.11 Å². The number of para-hydroxylation sites is 1. The highest BCUT2D eigenvalue weighted by Crippen LogP contribution is 2.39. The molecule has 2 N–H and O–H groups in total. The van der Waals surface area contributed by atoms with Crippen LogP contribution in [0.4, 0.5) is 5.69 Å². The van der Waals surface area contributed by atoms with Gasteiger partial charge in [-0.15, -0.1) is 0 Å². The standard InChI is InChI=1S/C15H18ClN3O2/c1-20-15(8-3-2-4-9-15)14-18-13(21-19-14)10-6-5-7-11(16)12(10)17/h5-7H,2-4,8-9,17H2,1H3. The van der Waals surface area contributed by atoms with Crippen LogP contribution in [0.15, 0.2) is 22.7 Å². The van der Waals surface area contributed by atoms with E-state index in [0.29, 0.717) is 28.0 Å². The van der Waals surface area contributed by atoms with Crippen LogP contribution in [0.3, 0.4) is 0 Å². The monoisotopic (exact) mass is 307 g/mol. The maximum atomic E-state index is 6.03. The van der Waals surface area contributed by atoms with Gasteiger partial charge in [0.25, 0.3) is 5.89 Å². The summed E-state index contributed by atoms with van der Waals surface area (Å²) in [7, 11) is 1.70. The van der Waals surface area contributed by atoms with Crippen LogP contribution in [0.25, 0.3) is 11.5 Å². The minimum atomic E-state index is -0.437. The van der Waals surface area contributed by atoms with Crippen molar-refractivity contribution in [2.75, 3.05) is 12.8 Å². The van der Waals surface area contributed by atoms with Crippen LogP contribution in [0, 0.1) is 0 Å². The number of halogens is 1. The average molecular weight is 308 g/mol. The third-order valence-corrected chi connectivity index (χ3v) is 4.50. The van der Waals surface area contributed by atoms with Crippen molar-refractivity contribution in [3.05, 3.63) is 29.0 Å². The number of hydrogen-bond acceptors (Lipinski definition) is 5. The van der Waals surface area contributed by atoms with Crippen molar-refractivity contribution in [3.8, 4) is 11.5 Å². The fourth-order valence-electron chi connectivity index (χ4n) is 2.88. The minimum Gasteiger partial charge on any atom is -0.397 e. The molecule has 1 fully saturated rings. The topological polar surface area (TPSA) is 74.2 Å². The fraction of sp³-hybridized carbons (Fsp3) is 0.467. The molecule has 0 unspecified atom stereocenters. The Balaban J connectivity index is 1.98. The summed E-state index contributed by atoms with van der Waals surface area (Å²) in [6.07, 6.45) is 5.26. The molecule has 1 aromatic heterocycles. The molecule has 2 aromatic rings. The number of benzene rings is 1. The summed E-state index contributed by atoms with van der Waals surface area (Å²) in [6, 6.07) is 5.36. The first-order valence-corrected chi connectivity index (χ1v) is 7.48. The van der Waals surface area contributed by atoms with Gasteiger partial charge in [-0.2, -0.15) is 4.98 Å². The second kappa shape index (κ2) is 5.66. The molecule has 1 aliphatic carbocycles. The maximum Gasteiger partial charge on any atom is 0.260 e. The number of nitrogens with zero attached hydrogens (tertiary/aromatic N) is 2. The second-order valence-corrected chi connectivity index (χ2v) is 5.79. The number of hydrogen-bond donors (Lipinski definition) is 1. The Morgan fingerprint density at radius 3 is 2.76 bits per heavy atom. The smallest absolute Gasteiger partial charge is 0.260 e. The number of methoxy groups -OCH3 is 1. The lowest BCUT2D eigenvalue weighted by Gasteiger charge is -2.32. The zero-order chi connectivity index (χ0) is 14.9. The van der Waals surface area contributed by atoms with Crippen molar-refractivity contribution in [2.45, 2.75) is 37.7 Å². The van der Waals surface area contributed by atoms with Crippen LogP contribution < -0.4 is 5.73 Å². The van der Waals surface area contributed by atoms with E-state index in [1.807, 2.05) is 12.1 Å². The predicted molar refractivity (Wildman–Crippen MR) is 80.9 cm³/mol. The Bertz CT molecular complexity index is 636. The Morgan fingerprint density at radius 2 is 2.05 bits per heavy atom. The number of nitrogens with two attached hydrogens (primary N) is 1. The summed E-state index contributed by atoms with van der Waals surface area (Å²) in [5, 5.41) is 4.60. The summed E-state index contributed by atoms with van der Waals surface area (Å²) in [6.45, 7) is 0. The number of nitrogen functional groups attached to an aromatic ring is 1. The maximum absolute atomic E-state index is 6.03. The second-order valence-electron chi connectivity index (χ2n) is 5.38. The van der Waals surface area contributed by atoms with Gasteiger partial charge in [0.1, 0.15) is 5.60 Å². The summed E-state index contributed by atoms with van der Waals surface area (Å²) in [4.78, 5) is 4.51. The van der Waals surface area contributed by atoms with E-state index in [0.717, 1.165) is 25.7 Å². The first kappa shape index (κ1) is 14.4. The molecule has 6 heteroatoms. The van der Waals surface area contributed by atoms with Crippen molar-refractivity contribution < 1.29 is 9.26 Å². The molecular formula is C15H18ClN3O2. The lowest BCUT2D eigenvalue weighted by molar-refractivity contribution is -0.0527. The van der Waals surface area contributed by atoms with Gasteiger partial charge in [-0.1, -0.05) is 42.1 Å². The molecule has 0 amide bonds. The van der Waals surface area contributed by atoms with Gasteiger partial charge in [-0.25, -0.2) is 0 Å². The zero-order valence-electron chi connectivity index (χ0n) is 11.9. The molecule has 1 saturated carbocycles. The third kappa shape index (κ3) is 2.51. The van der Waals surface area contributed by atoms with E-state index in [1.54, 1.807) is 13.2 Å². The molecule has 1 aromatic carbocycles. The molecule has 0 atom stereocenters. The number of anilines is 1. The van der Waals surface area contributed by atoms with Crippen LogP contribution in [-0.4, -0.2) is 17.3 Å². The van der Waals surface area contributed by atoms with Crippen LogP contribution in [-0.2, 0) is 10.3 Å². The van der Waals surface area contributed by atoms with Gasteiger partial charge in [0.05, 0.1) is 16.3 Å². The molecule has 0 spiro atoms. The van der Waals surface area contributed by atoms with Crippen molar-refractivity contribution in [3.63, 3.8) is 0 Å². The van der Waals surface area contributed by atoms with Gasteiger partial charge >= 0.3 is 0 Å². The van der Waals surface area contributed by atoms with Gasteiger partial charge in [0.15, 0.2) is 0 Å². The minimum absolute atomic E-state index is 0.381. The van der Waals surface area contributed by atoms with Crippen molar-refractivity contribution in [2.24, 2.45) is 0 Å². The largest absolute Gasteiger partial charge is 0.397 e. The lowest BCUT2D eigenvalue weighted by atomic mass is 9.84. The van der Waals surface area contributed by atoms with E-state index < -0.39 is 5.60 Å². The third-order valence-electron chi connectivity index (χ3n) is 4.17. The summed E-state index contributed by atoms with van der Waals surface area (Å²) >= 11 is 6.03. The highest BCUT2D eigenvalue weighted by molar-refractivity contribution is 6.33. The Hall–Kier alpha value is -1.59. The molecule has 0 radical (unpaired) electrons. The highest BCUT2D eigenvalue weighted by atomic mass is 35.5. The molecule has 0 bridgehead atoms. The van der Waals surface area contributed by atoms with E-state index in [1.165, 1.54) is 6.42 Å². The van der Waals surface area contributed by atoms with Crippen LogP contribution in [0.5, 0.6) is 0 Å². The zero-order valence-corrected chi connectivity index (χ0v) is 12.7. The summed E-state index contributed by atoms with van der Waals surface area (Å²) in [5.41, 5.74) is 6.64. The molecule has 0 aliphatic heterocycles. The first-order chi connectivity index (χ1) is 10.2. The highest BCUT2D eigenvalue weighted by Gasteiger charge is 2.38. The van der Waals surface area contributed by atoms with Gasteiger partial charge in [-0.3, -0.25) is 0 Å². The number of ether oxygens (including phenoxy) is 1. The molecule has 0 saturated heterocycles. The fourth-order valence-corrected chi connectivity index (χ4v) is 3.06. The molecule has 1 aliphatic rings. The van der Waals surface area contributed by atoms with Crippen LogP contribution in [0.1, 0.15) is 37.9 Å². The van der Waals surface area contributed by atoms with Gasteiger partial charge < -0.3 is 15.0 Å². The van der Waals surface area contributed by atoms with Crippen LogP contribution >= 0.6 is 11.6 Å². The molecule has 3 rings (SSSR count). The SMILES string of the molecule is COC1(c2noc(-c3cccc(Cl)c3N)n2)CCCCC1. The van der Waals surface area contributed by atoms with E-state index in [9.17, 15) is 0 Å². The molecular weight excluding hydrogens is 290 g/mol. The van der Waals surface area contributed by atoms with Crippen LogP contribution in [0.2, 0.25) is 5.02 Å². The first-order valence-electron chi connectivity index (χ1n) is 7.10. The molecule has 1 heterocycles. The predicted octanol–water partition coefficient (Wildman–Crippen LogP) is 3.78.